The van der Waals surface area contributed by atoms with Crippen molar-refractivity contribution >= 4 is 55.7 Å². The molecule has 1 aromatic heterocycles. The molecular formula is C21H14BNO2S. The monoisotopic (exact) mass is 355 g/mol. The van der Waals surface area contributed by atoms with Gasteiger partial charge in [-0.2, -0.15) is 0 Å². The third kappa shape index (κ3) is 2.26. The zero-order valence-corrected chi connectivity index (χ0v) is 14.6. The second-order valence-electron chi connectivity index (χ2n) is 6.24. The predicted molar refractivity (Wildman–Crippen MR) is 110 cm³/mol. The van der Waals surface area contributed by atoms with Crippen LogP contribution in [0.5, 0.6) is 0 Å². The number of para-hydroxylation sites is 1. The zero-order chi connectivity index (χ0) is 17.7. The topological polar surface area (TPSA) is 53.4 Å². The van der Waals surface area contributed by atoms with E-state index in [4.69, 9.17) is 4.98 Å². The Balaban J connectivity index is 1.99. The molecule has 0 spiro atoms. The highest BCUT2D eigenvalue weighted by Crippen LogP contribution is 2.39. The molecule has 0 aliphatic rings. The Hall–Kier alpha value is -2.73. The van der Waals surface area contributed by atoms with Crippen LogP contribution >= 0.6 is 11.3 Å². The quantitative estimate of drug-likeness (QED) is 0.372. The summed E-state index contributed by atoms with van der Waals surface area (Å²) in [6.45, 7) is 0. The lowest BCUT2D eigenvalue weighted by atomic mass is 9.73. The first-order valence-corrected chi connectivity index (χ1v) is 9.21. The summed E-state index contributed by atoms with van der Waals surface area (Å²) in [6.07, 6.45) is 0. The lowest BCUT2D eigenvalue weighted by Gasteiger charge is -2.15. The molecule has 5 aromatic rings. The fraction of sp³-hybridized carbons (Fsp3) is 0. The highest BCUT2D eigenvalue weighted by Gasteiger charge is 2.23. The first kappa shape index (κ1) is 15.5. The Labute approximate surface area is 154 Å². The average molecular weight is 355 g/mol. The molecule has 0 saturated heterocycles. The maximum Gasteiger partial charge on any atom is 0.489 e. The van der Waals surface area contributed by atoms with E-state index in [1.165, 1.54) is 0 Å². The number of aromatic nitrogens is 1. The van der Waals surface area contributed by atoms with Crippen LogP contribution in [0.25, 0.3) is 42.3 Å². The summed E-state index contributed by atoms with van der Waals surface area (Å²) in [6, 6.07) is 23.8. The van der Waals surface area contributed by atoms with Gasteiger partial charge in [-0.3, -0.25) is 0 Å². The average Bonchev–Trinajstić information content (AvgIpc) is 3.09. The summed E-state index contributed by atoms with van der Waals surface area (Å²) in [4.78, 5) is 4.85. The van der Waals surface area contributed by atoms with Gasteiger partial charge in [0.15, 0.2) is 0 Å². The van der Waals surface area contributed by atoms with Crippen LogP contribution in [0, 0.1) is 0 Å². The molecule has 5 heteroatoms. The minimum absolute atomic E-state index is 0.543. The van der Waals surface area contributed by atoms with Crippen molar-refractivity contribution in [3.63, 3.8) is 0 Å². The maximum absolute atomic E-state index is 10.0. The number of benzene rings is 4. The van der Waals surface area contributed by atoms with Crippen molar-refractivity contribution in [3.8, 4) is 10.6 Å². The lowest BCUT2D eigenvalue weighted by molar-refractivity contribution is 0.426. The molecule has 0 radical (unpaired) electrons. The maximum atomic E-state index is 10.0. The first-order chi connectivity index (χ1) is 12.7. The Bertz CT molecular complexity index is 1190. The smallest absolute Gasteiger partial charge is 0.423 e. The van der Waals surface area contributed by atoms with Gasteiger partial charge in [-0.1, -0.05) is 60.7 Å². The van der Waals surface area contributed by atoms with Crippen molar-refractivity contribution in [1.29, 1.82) is 0 Å². The zero-order valence-electron chi connectivity index (χ0n) is 13.8. The Morgan fingerprint density at radius 2 is 1.23 bits per heavy atom. The number of hydrogen-bond acceptors (Lipinski definition) is 4. The molecule has 3 nitrogen and oxygen atoms in total. The summed E-state index contributed by atoms with van der Waals surface area (Å²) in [5, 5.41) is 24.7. The van der Waals surface area contributed by atoms with Crippen LogP contribution in [0.1, 0.15) is 0 Å². The van der Waals surface area contributed by atoms with E-state index >= 15 is 0 Å². The standard InChI is InChI=1S/C21H14BNO2S/c24-22(25)20-15-9-3-1-7-13(15)19(14-8-2-4-10-16(14)20)21-23-17-11-5-6-12-18(17)26-21/h1-12,24-25H. The van der Waals surface area contributed by atoms with Crippen molar-refractivity contribution in [2.45, 2.75) is 0 Å². The number of hydrogen-bond donors (Lipinski definition) is 2. The summed E-state index contributed by atoms with van der Waals surface area (Å²) in [5.74, 6) is 0. The molecule has 4 aromatic carbocycles. The van der Waals surface area contributed by atoms with E-state index in [1.54, 1.807) is 11.3 Å². The minimum atomic E-state index is -1.53. The van der Waals surface area contributed by atoms with Gasteiger partial charge >= 0.3 is 7.12 Å². The third-order valence-corrected chi connectivity index (χ3v) is 5.79. The summed E-state index contributed by atoms with van der Waals surface area (Å²) in [7, 11) is -1.53. The summed E-state index contributed by atoms with van der Waals surface area (Å²) >= 11 is 1.66. The van der Waals surface area contributed by atoms with Crippen molar-refractivity contribution < 1.29 is 10.0 Å². The SMILES string of the molecule is OB(O)c1c2ccccc2c(-c2nc3ccccc3s2)c2ccccc12. The van der Waals surface area contributed by atoms with Gasteiger partial charge in [0.1, 0.15) is 5.01 Å². The first-order valence-electron chi connectivity index (χ1n) is 8.39. The molecule has 0 aliphatic carbocycles. The second-order valence-corrected chi connectivity index (χ2v) is 7.27. The van der Waals surface area contributed by atoms with E-state index in [0.29, 0.717) is 5.46 Å². The number of fused-ring (bicyclic) bond motifs is 3. The van der Waals surface area contributed by atoms with E-state index < -0.39 is 7.12 Å². The van der Waals surface area contributed by atoms with Gasteiger partial charge < -0.3 is 10.0 Å². The van der Waals surface area contributed by atoms with Crippen LogP contribution in [-0.2, 0) is 0 Å². The highest BCUT2D eigenvalue weighted by atomic mass is 32.1. The summed E-state index contributed by atoms with van der Waals surface area (Å²) in [5.41, 5.74) is 2.56. The van der Waals surface area contributed by atoms with Gasteiger partial charge in [0.05, 0.1) is 10.2 Å². The minimum Gasteiger partial charge on any atom is -0.423 e. The molecule has 2 N–H and O–H groups in total. The van der Waals surface area contributed by atoms with E-state index in [9.17, 15) is 10.0 Å². The van der Waals surface area contributed by atoms with Gasteiger partial charge in [-0.05, 0) is 39.1 Å². The van der Waals surface area contributed by atoms with Crippen LogP contribution in [-0.4, -0.2) is 22.2 Å². The van der Waals surface area contributed by atoms with E-state index in [0.717, 1.165) is 42.3 Å². The van der Waals surface area contributed by atoms with Crippen molar-refractivity contribution in [3.05, 3.63) is 72.8 Å². The molecule has 5 rings (SSSR count). The second kappa shape index (κ2) is 5.92. The largest absolute Gasteiger partial charge is 0.489 e. The van der Waals surface area contributed by atoms with Gasteiger partial charge in [0.2, 0.25) is 0 Å². The third-order valence-electron chi connectivity index (χ3n) is 4.74. The Morgan fingerprint density at radius 1 is 0.692 bits per heavy atom. The predicted octanol–water partition coefficient (Wildman–Crippen LogP) is 3.95. The summed E-state index contributed by atoms with van der Waals surface area (Å²) < 4.78 is 1.14. The molecule has 0 fully saturated rings. The number of nitrogens with zero attached hydrogens (tertiary/aromatic N) is 1. The Kier molecular flexibility index (Phi) is 3.53. The Morgan fingerprint density at radius 3 is 1.81 bits per heavy atom. The fourth-order valence-corrected chi connectivity index (χ4v) is 4.69. The molecular weight excluding hydrogens is 341 g/mol. The highest BCUT2D eigenvalue weighted by molar-refractivity contribution is 7.21. The molecule has 0 saturated carbocycles. The molecule has 26 heavy (non-hydrogen) atoms. The normalized spacial score (nSPS) is 11.5. The van der Waals surface area contributed by atoms with Crippen LogP contribution in [0.4, 0.5) is 0 Å². The van der Waals surface area contributed by atoms with Gasteiger partial charge in [-0.15, -0.1) is 11.3 Å². The molecule has 0 aliphatic heterocycles. The van der Waals surface area contributed by atoms with E-state index in [1.807, 2.05) is 66.7 Å². The van der Waals surface area contributed by atoms with Gasteiger partial charge in [0.25, 0.3) is 0 Å². The molecule has 1 heterocycles. The van der Waals surface area contributed by atoms with Crippen molar-refractivity contribution in [2.24, 2.45) is 0 Å². The molecule has 0 atom stereocenters. The van der Waals surface area contributed by atoms with Crippen LogP contribution in [0.3, 0.4) is 0 Å². The van der Waals surface area contributed by atoms with Gasteiger partial charge in [-0.25, -0.2) is 4.98 Å². The molecule has 0 bridgehead atoms. The van der Waals surface area contributed by atoms with E-state index in [-0.39, 0.29) is 0 Å². The molecule has 124 valence electrons. The number of rotatable bonds is 2. The van der Waals surface area contributed by atoms with Crippen LogP contribution < -0.4 is 5.46 Å². The molecule has 0 amide bonds. The molecule has 0 unspecified atom stereocenters. The number of thiazole rings is 1. The van der Waals surface area contributed by atoms with E-state index in [2.05, 4.69) is 6.07 Å². The van der Waals surface area contributed by atoms with Crippen molar-refractivity contribution in [2.75, 3.05) is 0 Å². The van der Waals surface area contributed by atoms with Gasteiger partial charge in [0, 0.05) is 5.56 Å². The van der Waals surface area contributed by atoms with Crippen LogP contribution in [0.2, 0.25) is 0 Å². The van der Waals surface area contributed by atoms with Crippen molar-refractivity contribution in [1.82, 2.24) is 4.98 Å². The lowest BCUT2D eigenvalue weighted by Crippen LogP contribution is -2.31. The van der Waals surface area contributed by atoms with Crippen LogP contribution in [0.15, 0.2) is 72.8 Å². The fourth-order valence-electron chi connectivity index (χ4n) is 3.65.